The molecule has 0 saturated carbocycles. The highest BCUT2D eigenvalue weighted by atomic mass is 16.1. The molecule has 0 spiro atoms. The van der Waals surface area contributed by atoms with Crippen LogP contribution in [0.2, 0.25) is 0 Å². The third-order valence-electron chi connectivity index (χ3n) is 4.17. The molecule has 2 heteroatoms. The third-order valence-corrected chi connectivity index (χ3v) is 4.17. The van der Waals surface area contributed by atoms with Gasteiger partial charge in [-0.15, -0.1) is 0 Å². The lowest BCUT2D eigenvalue weighted by molar-refractivity contribution is 0.101. The van der Waals surface area contributed by atoms with Crippen LogP contribution < -0.4 is 0 Å². The van der Waals surface area contributed by atoms with Gasteiger partial charge in [0.05, 0.1) is 11.6 Å². The average Bonchev–Trinajstić information content (AvgIpc) is 2.59. The largest absolute Gasteiger partial charge is 0.295 e. The number of nitriles is 1. The van der Waals surface area contributed by atoms with E-state index in [4.69, 9.17) is 5.26 Å². The molecule has 0 aromatic heterocycles. The number of aryl methyl sites for hydroxylation is 2. The van der Waals surface area contributed by atoms with Gasteiger partial charge in [0.2, 0.25) is 0 Å². The van der Waals surface area contributed by atoms with Crippen LogP contribution >= 0.6 is 0 Å². The summed E-state index contributed by atoms with van der Waals surface area (Å²) in [5.41, 5.74) is 3.76. The second kappa shape index (κ2) is 6.46. The van der Waals surface area contributed by atoms with Crippen molar-refractivity contribution in [3.8, 4) is 6.07 Å². The second-order valence-electron chi connectivity index (χ2n) is 5.68. The number of fused-ring (bicyclic) bond motifs is 1. The van der Waals surface area contributed by atoms with Crippen LogP contribution in [-0.2, 0) is 12.8 Å². The van der Waals surface area contributed by atoms with Crippen molar-refractivity contribution in [2.24, 2.45) is 0 Å². The number of rotatable bonds is 4. The first kappa shape index (κ1) is 15.0. The standard InChI is InChI=1S/C21H17NO/c1-15(23)19-13-11-18-4-2-3-5-20(18)21(19)12-10-16-6-8-17(14-22)9-7-16/h2-9,11,13H,10,12H2,1H3. The van der Waals surface area contributed by atoms with Gasteiger partial charge in [-0.05, 0) is 53.8 Å². The van der Waals surface area contributed by atoms with Crippen LogP contribution in [0.3, 0.4) is 0 Å². The van der Waals surface area contributed by atoms with Crippen molar-refractivity contribution >= 4 is 16.6 Å². The highest BCUT2D eigenvalue weighted by Crippen LogP contribution is 2.24. The molecule has 0 radical (unpaired) electrons. The molecule has 0 amide bonds. The minimum absolute atomic E-state index is 0.102. The lowest BCUT2D eigenvalue weighted by atomic mass is 9.92. The van der Waals surface area contributed by atoms with Gasteiger partial charge in [-0.3, -0.25) is 4.79 Å². The molecule has 0 saturated heterocycles. The van der Waals surface area contributed by atoms with Crippen LogP contribution in [0.4, 0.5) is 0 Å². The Bertz CT molecular complexity index is 901. The van der Waals surface area contributed by atoms with Crippen molar-refractivity contribution in [3.63, 3.8) is 0 Å². The minimum atomic E-state index is 0.102. The third kappa shape index (κ3) is 3.14. The molecule has 0 aliphatic carbocycles. The van der Waals surface area contributed by atoms with E-state index in [1.165, 1.54) is 5.56 Å². The molecule has 0 N–H and O–H groups in total. The first-order valence-electron chi connectivity index (χ1n) is 7.69. The number of hydrogen-bond donors (Lipinski definition) is 0. The van der Waals surface area contributed by atoms with Crippen molar-refractivity contribution in [1.82, 2.24) is 0 Å². The van der Waals surface area contributed by atoms with Gasteiger partial charge >= 0.3 is 0 Å². The molecule has 3 rings (SSSR count). The Morgan fingerprint density at radius 2 is 1.70 bits per heavy atom. The zero-order chi connectivity index (χ0) is 16.2. The van der Waals surface area contributed by atoms with E-state index in [1.54, 1.807) is 6.92 Å². The molecule has 0 heterocycles. The van der Waals surface area contributed by atoms with Crippen LogP contribution in [0.1, 0.15) is 34.0 Å². The molecule has 23 heavy (non-hydrogen) atoms. The lowest BCUT2D eigenvalue weighted by Crippen LogP contribution is -2.02. The Labute approximate surface area is 136 Å². The van der Waals surface area contributed by atoms with Gasteiger partial charge in [0, 0.05) is 5.56 Å². The SMILES string of the molecule is CC(=O)c1ccc2ccccc2c1CCc1ccc(C#N)cc1. The van der Waals surface area contributed by atoms with Crippen molar-refractivity contribution in [2.75, 3.05) is 0 Å². The lowest BCUT2D eigenvalue weighted by Gasteiger charge is -2.11. The van der Waals surface area contributed by atoms with Crippen LogP contribution in [0, 0.1) is 11.3 Å². The summed E-state index contributed by atoms with van der Waals surface area (Å²) in [5, 5.41) is 11.2. The maximum Gasteiger partial charge on any atom is 0.160 e. The normalized spacial score (nSPS) is 10.4. The maximum atomic E-state index is 12.0. The maximum absolute atomic E-state index is 12.0. The quantitative estimate of drug-likeness (QED) is 0.655. The average molecular weight is 299 g/mol. The molecule has 2 nitrogen and oxygen atoms in total. The Balaban J connectivity index is 1.95. The van der Waals surface area contributed by atoms with Gasteiger partial charge in [-0.25, -0.2) is 0 Å². The minimum Gasteiger partial charge on any atom is -0.295 e. The number of Topliss-reactive ketones (excluding diaryl/α,β-unsaturated/α-hetero) is 1. The van der Waals surface area contributed by atoms with Crippen LogP contribution in [-0.4, -0.2) is 5.78 Å². The molecule has 0 atom stereocenters. The molecule has 112 valence electrons. The second-order valence-corrected chi connectivity index (χ2v) is 5.68. The fourth-order valence-corrected chi connectivity index (χ4v) is 2.95. The Morgan fingerprint density at radius 1 is 0.957 bits per heavy atom. The molecule has 0 fully saturated rings. The smallest absolute Gasteiger partial charge is 0.160 e. The van der Waals surface area contributed by atoms with Gasteiger partial charge < -0.3 is 0 Å². The molecular formula is C21H17NO. The molecule has 3 aromatic rings. The van der Waals surface area contributed by atoms with E-state index in [9.17, 15) is 4.79 Å². The highest BCUT2D eigenvalue weighted by Gasteiger charge is 2.11. The number of ketones is 1. The fourth-order valence-electron chi connectivity index (χ4n) is 2.95. The van der Waals surface area contributed by atoms with E-state index in [1.807, 2.05) is 48.5 Å². The van der Waals surface area contributed by atoms with Crippen molar-refractivity contribution in [3.05, 3.63) is 82.9 Å². The Hall–Kier alpha value is -2.92. The Morgan fingerprint density at radius 3 is 2.39 bits per heavy atom. The number of hydrogen-bond acceptors (Lipinski definition) is 2. The Kier molecular flexibility index (Phi) is 4.21. The van der Waals surface area contributed by atoms with Crippen LogP contribution in [0.25, 0.3) is 10.8 Å². The van der Waals surface area contributed by atoms with E-state index in [2.05, 4.69) is 18.2 Å². The first-order chi connectivity index (χ1) is 11.2. The zero-order valence-corrected chi connectivity index (χ0v) is 13.0. The number of carbonyl (C=O) groups excluding carboxylic acids is 1. The van der Waals surface area contributed by atoms with E-state index < -0.39 is 0 Å². The molecule has 3 aromatic carbocycles. The van der Waals surface area contributed by atoms with Crippen LogP contribution in [0.5, 0.6) is 0 Å². The van der Waals surface area contributed by atoms with E-state index in [0.717, 1.165) is 34.7 Å². The van der Waals surface area contributed by atoms with Crippen LogP contribution in [0.15, 0.2) is 60.7 Å². The summed E-state index contributed by atoms with van der Waals surface area (Å²) < 4.78 is 0. The summed E-state index contributed by atoms with van der Waals surface area (Å²) in [6, 6.07) is 21.9. The zero-order valence-electron chi connectivity index (χ0n) is 13.0. The van der Waals surface area contributed by atoms with Gasteiger partial charge in [0.1, 0.15) is 0 Å². The summed E-state index contributed by atoms with van der Waals surface area (Å²) in [5.74, 6) is 0.102. The number of carbonyl (C=O) groups is 1. The van der Waals surface area contributed by atoms with Gasteiger partial charge in [-0.2, -0.15) is 5.26 Å². The summed E-state index contributed by atoms with van der Waals surface area (Å²) in [4.78, 5) is 12.0. The van der Waals surface area contributed by atoms with Gasteiger partial charge in [0.15, 0.2) is 5.78 Å². The van der Waals surface area contributed by atoms with Crippen molar-refractivity contribution in [2.45, 2.75) is 19.8 Å². The topological polar surface area (TPSA) is 40.9 Å². The number of benzene rings is 3. The van der Waals surface area contributed by atoms with E-state index in [0.29, 0.717) is 5.56 Å². The van der Waals surface area contributed by atoms with Gasteiger partial charge in [0.25, 0.3) is 0 Å². The van der Waals surface area contributed by atoms with Crippen molar-refractivity contribution in [1.29, 1.82) is 5.26 Å². The molecule has 0 aliphatic heterocycles. The number of nitrogens with zero attached hydrogens (tertiary/aromatic N) is 1. The highest BCUT2D eigenvalue weighted by molar-refractivity contribution is 6.01. The first-order valence-corrected chi connectivity index (χ1v) is 7.69. The molecular weight excluding hydrogens is 282 g/mol. The van der Waals surface area contributed by atoms with Crippen molar-refractivity contribution < 1.29 is 4.79 Å². The molecule has 0 bridgehead atoms. The molecule has 0 unspecified atom stereocenters. The fraction of sp³-hybridized carbons (Fsp3) is 0.143. The summed E-state index contributed by atoms with van der Waals surface area (Å²) in [6.07, 6.45) is 1.65. The predicted molar refractivity (Wildman–Crippen MR) is 92.5 cm³/mol. The van der Waals surface area contributed by atoms with Gasteiger partial charge in [-0.1, -0.05) is 48.5 Å². The molecule has 0 aliphatic rings. The monoisotopic (exact) mass is 299 g/mol. The summed E-state index contributed by atoms with van der Waals surface area (Å²) in [7, 11) is 0. The summed E-state index contributed by atoms with van der Waals surface area (Å²) in [6.45, 7) is 1.62. The predicted octanol–water partition coefficient (Wildman–Crippen LogP) is 4.70. The summed E-state index contributed by atoms with van der Waals surface area (Å²) >= 11 is 0. The van der Waals surface area contributed by atoms with E-state index >= 15 is 0 Å². The van der Waals surface area contributed by atoms with E-state index in [-0.39, 0.29) is 5.78 Å².